The van der Waals surface area contributed by atoms with E-state index in [-0.39, 0.29) is 23.3 Å². The number of aryl methyl sites for hydroxylation is 1. The minimum atomic E-state index is -2.61. The second-order valence-electron chi connectivity index (χ2n) is 12.8. The molecule has 10 heteroatoms. The summed E-state index contributed by atoms with van der Waals surface area (Å²) in [6, 6.07) is 2.29. The fraction of sp³-hybridized carbons (Fsp3) is 0.567. The smallest absolute Gasteiger partial charge is 0.258 e. The van der Waals surface area contributed by atoms with Crippen LogP contribution >= 0.6 is 0 Å². The number of phenolic OH excluding ortho intramolecular Hbond substituents is 1. The van der Waals surface area contributed by atoms with Gasteiger partial charge in [-0.15, -0.1) is 0 Å². The van der Waals surface area contributed by atoms with E-state index in [2.05, 4.69) is 10.2 Å². The summed E-state index contributed by atoms with van der Waals surface area (Å²) in [5, 5.41) is 48.1. The summed E-state index contributed by atoms with van der Waals surface area (Å²) < 4.78 is 0. The van der Waals surface area contributed by atoms with Crippen molar-refractivity contribution in [2.24, 2.45) is 11.8 Å². The number of allylic oxidation sites excluding steroid dienone is 1. The third-order valence-electron chi connectivity index (χ3n) is 8.22. The van der Waals surface area contributed by atoms with Gasteiger partial charge in [-0.1, -0.05) is 6.07 Å². The maximum absolute atomic E-state index is 13.9. The number of benzene rings is 1. The lowest BCUT2D eigenvalue weighted by molar-refractivity contribution is -0.149. The van der Waals surface area contributed by atoms with Gasteiger partial charge in [0.2, 0.25) is 5.78 Å². The van der Waals surface area contributed by atoms with E-state index in [1.165, 1.54) is 6.07 Å². The van der Waals surface area contributed by atoms with E-state index in [0.717, 1.165) is 18.5 Å². The highest BCUT2D eigenvalue weighted by atomic mass is 16.3. The standard InChI is InChI=1S/C30H41N3O7/c1-29(2,3)31-28(39)22-25(36)23(33(6)7)18-14-16-13-17-15(9-8-12-32(4)5)10-11-19(34)21(17)24(35)20(16)26(37)30(18,40)27(22)38/h10-11,16,18,23,34,36-37,40H,8-9,12-14H2,1-7H3,(H,31,39)/t16-,18+,23-,30-/m1/s1. The minimum absolute atomic E-state index is 0.0682. The van der Waals surface area contributed by atoms with Crippen LogP contribution in [0.3, 0.4) is 0 Å². The Morgan fingerprint density at radius 2 is 1.75 bits per heavy atom. The number of amides is 1. The van der Waals surface area contributed by atoms with Crippen molar-refractivity contribution in [3.05, 3.63) is 51.5 Å². The van der Waals surface area contributed by atoms with Gasteiger partial charge in [-0.05, 0) is 104 Å². The van der Waals surface area contributed by atoms with E-state index in [1.807, 2.05) is 20.2 Å². The number of aromatic hydroxyl groups is 1. The summed E-state index contributed by atoms with van der Waals surface area (Å²) in [4.78, 5) is 44.5. The molecule has 10 nitrogen and oxygen atoms in total. The Morgan fingerprint density at radius 1 is 1.10 bits per heavy atom. The van der Waals surface area contributed by atoms with Crippen LogP contribution in [0.5, 0.6) is 5.75 Å². The fourth-order valence-corrected chi connectivity index (χ4v) is 6.52. The molecule has 0 bridgehead atoms. The molecule has 3 aliphatic rings. The third kappa shape index (κ3) is 4.82. The summed E-state index contributed by atoms with van der Waals surface area (Å²) in [6.45, 7) is 5.97. The van der Waals surface area contributed by atoms with Gasteiger partial charge in [-0.25, -0.2) is 0 Å². The molecule has 3 aliphatic carbocycles. The highest BCUT2D eigenvalue weighted by Crippen LogP contribution is 2.52. The van der Waals surface area contributed by atoms with Crippen molar-refractivity contribution < 1.29 is 34.8 Å². The lowest BCUT2D eigenvalue weighted by atomic mass is 9.58. The lowest BCUT2D eigenvalue weighted by Crippen LogP contribution is -2.64. The number of carbonyl (C=O) groups is 3. The number of phenols is 1. The number of aliphatic hydroxyl groups excluding tert-OH is 2. The molecular formula is C30H41N3O7. The van der Waals surface area contributed by atoms with Crippen LogP contribution < -0.4 is 5.32 Å². The number of ketones is 2. The van der Waals surface area contributed by atoms with Gasteiger partial charge in [0.1, 0.15) is 22.8 Å². The molecule has 40 heavy (non-hydrogen) atoms. The van der Waals surface area contributed by atoms with Gasteiger partial charge in [0.15, 0.2) is 11.4 Å². The molecule has 0 aromatic heterocycles. The Morgan fingerprint density at radius 3 is 2.33 bits per heavy atom. The molecule has 0 radical (unpaired) electrons. The van der Waals surface area contributed by atoms with Crippen molar-refractivity contribution in [1.29, 1.82) is 0 Å². The molecule has 1 amide bonds. The normalized spacial score (nSPS) is 26.7. The van der Waals surface area contributed by atoms with Gasteiger partial charge in [-0.3, -0.25) is 19.3 Å². The fourth-order valence-electron chi connectivity index (χ4n) is 6.52. The summed E-state index contributed by atoms with van der Waals surface area (Å²) in [6.07, 6.45) is 1.94. The average molecular weight is 556 g/mol. The topological polar surface area (TPSA) is 151 Å². The molecule has 0 saturated heterocycles. The third-order valence-corrected chi connectivity index (χ3v) is 8.22. The predicted octanol–water partition coefficient (Wildman–Crippen LogP) is 2.04. The maximum Gasteiger partial charge on any atom is 0.258 e. The van der Waals surface area contributed by atoms with Crippen LogP contribution in [0.1, 0.15) is 55.1 Å². The largest absolute Gasteiger partial charge is 0.510 e. The Kier molecular flexibility index (Phi) is 7.68. The zero-order valence-corrected chi connectivity index (χ0v) is 24.3. The molecule has 218 valence electrons. The zero-order valence-electron chi connectivity index (χ0n) is 24.3. The molecule has 1 aromatic carbocycles. The van der Waals surface area contributed by atoms with Crippen LogP contribution in [0.15, 0.2) is 34.8 Å². The van der Waals surface area contributed by atoms with E-state index in [9.17, 15) is 34.8 Å². The van der Waals surface area contributed by atoms with E-state index >= 15 is 0 Å². The van der Waals surface area contributed by atoms with Crippen molar-refractivity contribution >= 4 is 17.5 Å². The number of aliphatic hydroxyl groups is 3. The first-order valence-electron chi connectivity index (χ1n) is 13.7. The molecule has 0 spiro atoms. The van der Waals surface area contributed by atoms with Crippen molar-refractivity contribution in [3.63, 3.8) is 0 Å². The number of rotatable bonds is 6. The Bertz CT molecular complexity index is 1320. The number of nitrogens with one attached hydrogen (secondary N) is 1. The first kappa shape index (κ1) is 29.8. The van der Waals surface area contributed by atoms with Crippen LogP contribution in [0.2, 0.25) is 0 Å². The SMILES string of the molecule is CN(C)CCCc1ccc(O)c2c1C[C@@H]1C[C@H]3[C@@H](N(C)C)C(O)=C(C(=O)NC(C)(C)C)C(=O)[C@]3(O)C(O)=C1C2=O. The van der Waals surface area contributed by atoms with E-state index in [0.29, 0.717) is 18.4 Å². The summed E-state index contributed by atoms with van der Waals surface area (Å²) >= 11 is 0. The van der Waals surface area contributed by atoms with Crippen LogP contribution in [0.4, 0.5) is 0 Å². The van der Waals surface area contributed by atoms with Gasteiger partial charge >= 0.3 is 0 Å². The van der Waals surface area contributed by atoms with E-state index in [4.69, 9.17) is 0 Å². The first-order valence-corrected chi connectivity index (χ1v) is 13.7. The minimum Gasteiger partial charge on any atom is -0.510 e. The molecule has 0 saturated carbocycles. The van der Waals surface area contributed by atoms with Gasteiger partial charge in [0.05, 0.1) is 11.6 Å². The number of carbonyl (C=O) groups excluding carboxylic acids is 3. The van der Waals surface area contributed by atoms with Crippen molar-refractivity contribution in [1.82, 2.24) is 15.1 Å². The lowest BCUT2D eigenvalue weighted by Gasteiger charge is -2.50. The number of likely N-dealkylation sites (N-methyl/N-ethyl adjacent to an activating group) is 1. The number of fused-ring (bicyclic) bond motifs is 3. The van der Waals surface area contributed by atoms with E-state index < -0.39 is 63.6 Å². The highest BCUT2D eigenvalue weighted by molar-refractivity contribution is 6.25. The number of Topliss-reactive ketones (excluding diaryl/α,β-unsaturated/α-hetero) is 2. The van der Waals surface area contributed by atoms with E-state index in [1.54, 1.807) is 39.8 Å². The molecule has 1 aromatic rings. The van der Waals surface area contributed by atoms with Crippen LogP contribution in [0.25, 0.3) is 0 Å². The molecule has 0 fully saturated rings. The van der Waals surface area contributed by atoms with Crippen molar-refractivity contribution in [3.8, 4) is 5.75 Å². The first-order chi connectivity index (χ1) is 18.5. The van der Waals surface area contributed by atoms with Gasteiger partial charge in [0, 0.05) is 17.0 Å². The average Bonchev–Trinajstić information content (AvgIpc) is 2.81. The Balaban J connectivity index is 1.85. The highest BCUT2D eigenvalue weighted by Gasteiger charge is 2.63. The monoisotopic (exact) mass is 555 g/mol. The second kappa shape index (κ2) is 10.3. The number of nitrogens with zero attached hydrogens (tertiary/aromatic N) is 2. The summed E-state index contributed by atoms with van der Waals surface area (Å²) in [5.74, 6) is -5.79. The van der Waals surface area contributed by atoms with Gasteiger partial charge in [-0.2, -0.15) is 0 Å². The quantitative estimate of drug-likeness (QED) is 0.332. The molecule has 0 unspecified atom stereocenters. The van der Waals surface area contributed by atoms with Crippen LogP contribution in [-0.4, -0.2) is 99.6 Å². The van der Waals surface area contributed by atoms with Crippen molar-refractivity contribution in [2.45, 2.75) is 63.6 Å². The predicted molar refractivity (Wildman–Crippen MR) is 149 cm³/mol. The summed E-state index contributed by atoms with van der Waals surface area (Å²) in [5.41, 5.74) is -2.44. The zero-order chi connectivity index (χ0) is 29.9. The van der Waals surface area contributed by atoms with Crippen molar-refractivity contribution in [2.75, 3.05) is 34.7 Å². The Hall–Kier alpha value is -3.21. The van der Waals surface area contributed by atoms with Crippen LogP contribution in [-0.2, 0) is 22.4 Å². The summed E-state index contributed by atoms with van der Waals surface area (Å²) in [7, 11) is 7.25. The molecule has 5 N–H and O–H groups in total. The van der Waals surface area contributed by atoms with Gasteiger partial charge < -0.3 is 30.6 Å². The number of hydrogen-bond acceptors (Lipinski definition) is 9. The molecular weight excluding hydrogens is 514 g/mol. The number of hydrogen-bond donors (Lipinski definition) is 5. The molecule has 4 atom stereocenters. The van der Waals surface area contributed by atoms with Crippen LogP contribution in [0, 0.1) is 11.8 Å². The Labute approximate surface area is 235 Å². The molecule has 0 aliphatic heterocycles. The maximum atomic E-state index is 13.9. The second-order valence-corrected chi connectivity index (χ2v) is 12.8. The molecule has 4 rings (SSSR count). The molecule has 0 heterocycles. The van der Waals surface area contributed by atoms with Gasteiger partial charge in [0.25, 0.3) is 5.91 Å².